The van der Waals surface area contributed by atoms with E-state index in [9.17, 15) is 9.59 Å². The largest absolute Gasteiger partial charge is 0.381 e. The summed E-state index contributed by atoms with van der Waals surface area (Å²) in [6.07, 6.45) is 16.8. The molecule has 9 heteroatoms. The van der Waals surface area contributed by atoms with E-state index < -0.39 is 0 Å². The Bertz CT molecular complexity index is 2200. The predicted octanol–water partition coefficient (Wildman–Crippen LogP) is 17.0. The van der Waals surface area contributed by atoms with Crippen LogP contribution in [0.5, 0.6) is 0 Å². The van der Waals surface area contributed by atoms with Crippen LogP contribution in [0.2, 0.25) is 0 Å². The Balaban J connectivity index is 1.12. The van der Waals surface area contributed by atoms with Crippen LogP contribution in [-0.4, -0.2) is 36.5 Å². The maximum atomic E-state index is 14.2. The van der Waals surface area contributed by atoms with E-state index in [-0.39, 0.29) is 22.6 Å². The highest BCUT2D eigenvalue weighted by molar-refractivity contribution is 7.27. The number of hydrogen-bond donors (Lipinski definition) is 0. The summed E-state index contributed by atoms with van der Waals surface area (Å²) >= 11 is 8.96. The van der Waals surface area contributed by atoms with E-state index in [4.69, 9.17) is 4.74 Å². The number of imide groups is 1. The van der Waals surface area contributed by atoms with Gasteiger partial charge in [0.1, 0.15) is 0 Å². The fraction of sp³-hybridized carbons (Fsp3) is 0.529. The molecule has 0 saturated carbocycles. The number of unbranched alkanes of at least 4 members (excludes halogenated alkanes) is 2. The van der Waals surface area contributed by atoms with E-state index in [0.717, 1.165) is 52.8 Å². The number of carbonyl (C=O) groups is 2. The SMILES string of the molecule is CCCCC(C)(C)c1ccc(-c2ccc(/C=C/c3ccc(-c4ccc(-c5sc(C(C)(C)CCCC)c6c5C(=O)N(CCCOCCC(C)CCCC(C)C)C6=O)s4)s3)s2)s1. The Hall–Kier alpha value is -2.66. The zero-order chi connectivity index (χ0) is 43.0. The van der Waals surface area contributed by atoms with Crippen LogP contribution in [0.4, 0.5) is 0 Å². The van der Waals surface area contributed by atoms with Gasteiger partial charge in [0.05, 0.1) is 16.0 Å². The minimum atomic E-state index is -0.208. The van der Waals surface area contributed by atoms with Crippen LogP contribution in [0, 0.1) is 11.8 Å². The highest BCUT2D eigenvalue weighted by Crippen LogP contribution is 2.50. The lowest BCUT2D eigenvalue weighted by Gasteiger charge is -2.25. The minimum absolute atomic E-state index is 0.133. The number of hydrogen-bond acceptors (Lipinski definition) is 8. The van der Waals surface area contributed by atoms with Gasteiger partial charge in [-0.25, -0.2) is 0 Å². The number of nitrogens with zero attached hydrogens (tertiary/aromatic N) is 1. The van der Waals surface area contributed by atoms with Crippen molar-refractivity contribution in [2.24, 2.45) is 11.8 Å². The Morgan fingerprint density at radius 1 is 0.600 bits per heavy atom. The van der Waals surface area contributed by atoms with Crippen molar-refractivity contribution in [3.8, 4) is 29.3 Å². The molecular weight excluding hydrogens is 835 g/mol. The Morgan fingerprint density at radius 3 is 1.82 bits per heavy atom. The first-order valence-corrected chi connectivity index (χ1v) is 26.5. The average molecular weight is 902 g/mol. The second-order valence-electron chi connectivity index (χ2n) is 18.5. The van der Waals surface area contributed by atoms with Gasteiger partial charge in [-0.05, 0) is 109 Å². The minimum Gasteiger partial charge on any atom is -0.381 e. The second-order valence-corrected chi connectivity index (χ2v) is 23.9. The number of thiophene rings is 5. The Kier molecular flexibility index (Phi) is 16.5. The van der Waals surface area contributed by atoms with E-state index in [0.29, 0.717) is 36.6 Å². The van der Waals surface area contributed by atoms with Gasteiger partial charge in [-0.15, -0.1) is 56.7 Å². The molecule has 0 spiro atoms. The Labute approximate surface area is 381 Å². The number of rotatable bonds is 24. The zero-order valence-electron chi connectivity index (χ0n) is 37.5. The third-order valence-corrected chi connectivity index (χ3v) is 18.7. The molecule has 0 bridgehead atoms. The van der Waals surface area contributed by atoms with Crippen LogP contribution in [-0.2, 0) is 15.6 Å². The highest BCUT2D eigenvalue weighted by atomic mass is 32.1. The number of amides is 2. The van der Waals surface area contributed by atoms with Crippen molar-refractivity contribution in [3.63, 3.8) is 0 Å². The van der Waals surface area contributed by atoms with E-state index in [1.807, 2.05) is 22.7 Å². The Morgan fingerprint density at radius 2 is 1.17 bits per heavy atom. The fourth-order valence-electron chi connectivity index (χ4n) is 8.00. The van der Waals surface area contributed by atoms with Crippen LogP contribution in [0.25, 0.3) is 41.4 Å². The molecule has 60 heavy (non-hydrogen) atoms. The average Bonchev–Trinajstić information content (AvgIpc) is 4.07. The fourth-order valence-corrected chi connectivity index (χ4v) is 13.7. The van der Waals surface area contributed by atoms with Gasteiger partial charge in [-0.3, -0.25) is 14.5 Å². The van der Waals surface area contributed by atoms with Crippen molar-refractivity contribution < 1.29 is 14.3 Å². The lowest BCUT2D eigenvalue weighted by molar-refractivity contribution is 0.0621. The molecule has 1 atom stereocenters. The number of fused-ring (bicyclic) bond motifs is 1. The van der Waals surface area contributed by atoms with E-state index >= 15 is 0 Å². The highest BCUT2D eigenvalue weighted by Gasteiger charge is 2.44. The van der Waals surface area contributed by atoms with Crippen molar-refractivity contribution in [2.75, 3.05) is 19.8 Å². The molecule has 0 N–H and O–H groups in total. The molecule has 0 aromatic carbocycles. The third-order valence-electron chi connectivity index (χ3n) is 11.9. The third kappa shape index (κ3) is 11.5. The van der Waals surface area contributed by atoms with Crippen LogP contribution in [0.15, 0.2) is 48.5 Å². The van der Waals surface area contributed by atoms with E-state index in [2.05, 4.69) is 123 Å². The van der Waals surface area contributed by atoms with E-state index in [1.54, 1.807) is 34.0 Å². The molecule has 6 heterocycles. The zero-order valence-corrected chi connectivity index (χ0v) is 41.6. The standard InChI is InChI=1S/C51H67NO3S5/c1-10-12-29-50(6,7)43-27-26-41(59-43)39-23-21-37(57-39)19-18-36-20-22-38(56-36)40-24-25-42(58-40)46-44-45(47(60-46)51(8,9)30-13-11-2)49(54)52(48(44)53)31-15-32-55-33-28-35(5)17-14-16-34(3)4/h18-27,34-35H,10-17,28-33H2,1-9H3/b19-18+. The predicted molar refractivity (Wildman–Crippen MR) is 266 cm³/mol. The number of ether oxygens (including phenoxy) is 1. The number of carbonyl (C=O) groups excluding carboxylic acids is 2. The molecule has 324 valence electrons. The first kappa shape index (κ1) is 46.8. The molecule has 4 nitrogen and oxygen atoms in total. The smallest absolute Gasteiger partial charge is 0.263 e. The molecule has 1 aliphatic heterocycles. The normalized spacial score (nSPS) is 14.1. The van der Waals surface area contributed by atoms with Gasteiger partial charge in [0.25, 0.3) is 11.8 Å². The molecule has 0 radical (unpaired) electrons. The first-order valence-electron chi connectivity index (χ1n) is 22.4. The van der Waals surface area contributed by atoms with Crippen molar-refractivity contribution >= 4 is 80.7 Å². The molecule has 6 rings (SSSR count). The van der Waals surface area contributed by atoms with Crippen molar-refractivity contribution in [1.82, 2.24) is 4.90 Å². The summed E-state index contributed by atoms with van der Waals surface area (Å²) in [5, 5.41) is 0. The molecule has 0 fully saturated rings. The van der Waals surface area contributed by atoms with Gasteiger partial charge in [-0.1, -0.05) is 107 Å². The summed E-state index contributed by atoms with van der Waals surface area (Å²) < 4.78 is 6.01. The molecule has 5 aromatic heterocycles. The lowest BCUT2D eigenvalue weighted by atomic mass is 9.83. The summed E-state index contributed by atoms with van der Waals surface area (Å²) in [4.78, 5) is 41.9. The van der Waals surface area contributed by atoms with Gasteiger partial charge >= 0.3 is 0 Å². The van der Waals surface area contributed by atoms with Crippen LogP contribution in [0.3, 0.4) is 0 Å². The van der Waals surface area contributed by atoms with Crippen LogP contribution in [0.1, 0.15) is 173 Å². The van der Waals surface area contributed by atoms with Gasteiger partial charge in [0.15, 0.2) is 0 Å². The first-order chi connectivity index (χ1) is 28.7. The summed E-state index contributed by atoms with van der Waals surface area (Å²) in [6.45, 7) is 22.3. The monoisotopic (exact) mass is 901 g/mol. The van der Waals surface area contributed by atoms with Gasteiger partial charge in [0.2, 0.25) is 0 Å². The van der Waals surface area contributed by atoms with Crippen LogP contribution < -0.4 is 0 Å². The van der Waals surface area contributed by atoms with E-state index in [1.165, 1.54) is 77.6 Å². The van der Waals surface area contributed by atoms with Crippen molar-refractivity contribution in [2.45, 2.75) is 144 Å². The van der Waals surface area contributed by atoms with Gasteiger partial charge < -0.3 is 4.74 Å². The molecule has 0 aliphatic carbocycles. The van der Waals surface area contributed by atoms with Gasteiger partial charge in [-0.2, -0.15) is 0 Å². The van der Waals surface area contributed by atoms with Crippen molar-refractivity contribution in [1.29, 1.82) is 0 Å². The maximum absolute atomic E-state index is 14.2. The molecule has 1 aliphatic rings. The van der Waals surface area contributed by atoms with Crippen molar-refractivity contribution in [3.05, 3.63) is 79.2 Å². The summed E-state index contributed by atoms with van der Waals surface area (Å²) in [7, 11) is 0. The second kappa shape index (κ2) is 21.1. The summed E-state index contributed by atoms with van der Waals surface area (Å²) in [5.74, 6) is 1.12. The van der Waals surface area contributed by atoms with Gasteiger partial charge in [0, 0.05) is 63.7 Å². The summed E-state index contributed by atoms with van der Waals surface area (Å²) in [5.41, 5.74) is 1.26. The quantitative estimate of drug-likeness (QED) is 0.0458. The molecule has 1 unspecified atom stereocenters. The van der Waals surface area contributed by atoms with Crippen LogP contribution >= 0.6 is 56.7 Å². The molecule has 0 saturated heterocycles. The molecule has 2 amide bonds. The lowest BCUT2D eigenvalue weighted by Crippen LogP contribution is -2.32. The maximum Gasteiger partial charge on any atom is 0.263 e. The topological polar surface area (TPSA) is 46.6 Å². The molecular formula is C51H67NO3S5. The molecule has 5 aromatic rings. The summed E-state index contributed by atoms with van der Waals surface area (Å²) in [6, 6.07) is 17.8.